The molecule has 0 aliphatic rings. The molecule has 2 nitrogen and oxygen atoms in total. The molecule has 19 heavy (non-hydrogen) atoms. The number of hydrogen-bond donors (Lipinski definition) is 2. The Morgan fingerprint density at radius 3 is 2.42 bits per heavy atom. The molecule has 2 rings (SSSR count). The average molecular weight is 361 g/mol. The van der Waals surface area contributed by atoms with E-state index >= 15 is 0 Å². The summed E-state index contributed by atoms with van der Waals surface area (Å²) in [5, 5.41) is 14.0. The van der Waals surface area contributed by atoms with Gasteiger partial charge in [0.05, 0.1) is 15.7 Å². The zero-order valence-electron chi connectivity index (χ0n) is 10.2. The van der Waals surface area contributed by atoms with Gasteiger partial charge in [-0.2, -0.15) is 0 Å². The van der Waals surface area contributed by atoms with Crippen molar-refractivity contribution >= 4 is 44.8 Å². The van der Waals surface area contributed by atoms with Gasteiger partial charge < -0.3 is 10.4 Å². The van der Waals surface area contributed by atoms with Crippen LogP contribution in [0.5, 0.6) is 5.75 Å². The van der Waals surface area contributed by atoms with E-state index in [1.807, 2.05) is 19.1 Å². The minimum absolute atomic E-state index is 0.252. The van der Waals surface area contributed by atoms with Crippen LogP contribution in [0.2, 0.25) is 10.0 Å². The number of anilines is 1. The van der Waals surface area contributed by atoms with Gasteiger partial charge in [0.15, 0.2) is 0 Å². The highest BCUT2D eigenvalue weighted by atomic mass is 79.9. The fourth-order valence-corrected chi connectivity index (χ4v) is 3.09. The molecule has 0 aliphatic carbocycles. The van der Waals surface area contributed by atoms with Gasteiger partial charge >= 0.3 is 0 Å². The summed E-state index contributed by atoms with van der Waals surface area (Å²) in [6.07, 6.45) is 0. The second-order valence-electron chi connectivity index (χ2n) is 4.23. The number of hydrogen-bond acceptors (Lipinski definition) is 2. The van der Waals surface area contributed by atoms with Gasteiger partial charge in [-0.25, -0.2) is 0 Å². The molecule has 100 valence electrons. The van der Waals surface area contributed by atoms with Crippen molar-refractivity contribution in [2.24, 2.45) is 0 Å². The largest absolute Gasteiger partial charge is 0.508 e. The Morgan fingerprint density at radius 2 is 1.79 bits per heavy atom. The average Bonchev–Trinajstić information content (AvgIpc) is 2.32. The molecule has 0 heterocycles. The molecule has 0 spiro atoms. The topological polar surface area (TPSA) is 32.3 Å². The van der Waals surface area contributed by atoms with E-state index in [1.54, 1.807) is 18.2 Å². The highest BCUT2D eigenvalue weighted by molar-refractivity contribution is 9.10. The molecule has 0 bridgehead atoms. The minimum atomic E-state index is 0.252. The van der Waals surface area contributed by atoms with Gasteiger partial charge in [0, 0.05) is 16.6 Å². The van der Waals surface area contributed by atoms with Crippen LogP contribution in [0.1, 0.15) is 11.1 Å². The Morgan fingerprint density at radius 1 is 1.16 bits per heavy atom. The van der Waals surface area contributed by atoms with Crippen LogP contribution in [0.25, 0.3) is 0 Å². The van der Waals surface area contributed by atoms with Crippen LogP contribution >= 0.6 is 39.1 Å². The predicted octanol–water partition coefficient (Wildman–Crippen LogP) is 5.38. The summed E-state index contributed by atoms with van der Waals surface area (Å²) >= 11 is 15.6. The van der Waals surface area contributed by atoms with Crippen LogP contribution in [0.4, 0.5) is 5.69 Å². The highest BCUT2D eigenvalue weighted by Gasteiger charge is 2.08. The highest BCUT2D eigenvalue weighted by Crippen LogP contribution is 2.34. The van der Waals surface area contributed by atoms with Crippen molar-refractivity contribution in [3.63, 3.8) is 0 Å². The first-order chi connectivity index (χ1) is 8.97. The second kappa shape index (κ2) is 6.04. The standard InChI is InChI=1S/C14H12BrCl2NO/c1-8-2-3-13(19)9(4-8)7-18-14-11(16)5-10(15)6-12(14)17/h2-6,18-19H,7H2,1H3. The Hall–Kier alpha value is -0.900. The Balaban J connectivity index is 2.21. The summed E-state index contributed by atoms with van der Waals surface area (Å²) in [6.45, 7) is 2.43. The van der Waals surface area contributed by atoms with E-state index in [4.69, 9.17) is 23.2 Å². The molecule has 2 aromatic carbocycles. The van der Waals surface area contributed by atoms with Crippen LogP contribution in [0, 0.1) is 6.92 Å². The van der Waals surface area contributed by atoms with E-state index in [-0.39, 0.29) is 5.75 Å². The third-order valence-corrected chi connectivity index (χ3v) is 3.75. The van der Waals surface area contributed by atoms with Crippen molar-refractivity contribution in [2.45, 2.75) is 13.5 Å². The molecule has 0 amide bonds. The van der Waals surface area contributed by atoms with Crippen molar-refractivity contribution in [2.75, 3.05) is 5.32 Å². The minimum Gasteiger partial charge on any atom is -0.508 e. The van der Waals surface area contributed by atoms with Crippen molar-refractivity contribution in [3.8, 4) is 5.75 Å². The number of phenols is 1. The van der Waals surface area contributed by atoms with E-state index in [0.29, 0.717) is 22.3 Å². The molecule has 0 aromatic heterocycles. The smallest absolute Gasteiger partial charge is 0.120 e. The molecule has 2 N–H and O–H groups in total. The van der Waals surface area contributed by atoms with E-state index in [0.717, 1.165) is 15.6 Å². The lowest BCUT2D eigenvalue weighted by Gasteiger charge is -2.12. The predicted molar refractivity (Wildman–Crippen MR) is 84.3 cm³/mol. The first-order valence-electron chi connectivity index (χ1n) is 5.64. The van der Waals surface area contributed by atoms with Gasteiger partial charge in [0.1, 0.15) is 5.75 Å². The lowest BCUT2D eigenvalue weighted by atomic mass is 10.1. The van der Waals surface area contributed by atoms with E-state index in [2.05, 4.69) is 21.2 Å². The van der Waals surface area contributed by atoms with Gasteiger partial charge in [-0.15, -0.1) is 0 Å². The zero-order valence-corrected chi connectivity index (χ0v) is 13.3. The van der Waals surface area contributed by atoms with Crippen LogP contribution in [0.3, 0.4) is 0 Å². The van der Waals surface area contributed by atoms with Crippen molar-refractivity contribution in [1.29, 1.82) is 0 Å². The van der Waals surface area contributed by atoms with E-state index in [9.17, 15) is 5.11 Å². The molecule has 5 heteroatoms. The van der Waals surface area contributed by atoms with Gasteiger partial charge in [0.25, 0.3) is 0 Å². The summed E-state index contributed by atoms with van der Waals surface area (Å²) in [6, 6.07) is 9.00. The molecule has 0 unspecified atom stereocenters. The summed E-state index contributed by atoms with van der Waals surface area (Å²) < 4.78 is 0.825. The Labute approximate surface area is 130 Å². The molecule has 0 saturated heterocycles. The number of aromatic hydroxyl groups is 1. The van der Waals surface area contributed by atoms with Crippen LogP contribution < -0.4 is 5.32 Å². The fraction of sp³-hybridized carbons (Fsp3) is 0.143. The number of nitrogens with one attached hydrogen (secondary N) is 1. The number of halogens is 3. The Bertz CT molecular complexity index is 593. The SMILES string of the molecule is Cc1ccc(O)c(CNc2c(Cl)cc(Br)cc2Cl)c1. The van der Waals surface area contributed by atoms with Crippen LogP contribution in [-0.2, 0) is 6.54 Å². The zero-order chi connectivity index (χ0) is 14.0. The quantitative estimate of drug-likeness (QED) is 0.769. The van der Waals surface area contributed by atoms with Crippen molar-refractivity contribution in [3.05, 3.63) is 56.0 Å². The first-order valence-corrected chi connectivity index (χ1v) is 7.19. The summed E-state index contributed by atoms with van der Waals surface area (Å²) in [4.78, 5) is 0. The van der Waals surface area contributed by atoms with Crippen molar-refractivity contribution < 1.29 is 5.11 Å². The maximum atomic E-state index is 9.78. The molecule has 0 fully saturated rings. The van der Waals surface area contributed by atoms with Gasteiger partial charge in [-0.05, 0) is 25.1 Å². The number of aryl methyl sites for hydroxylation is 1. The van der Waals surface area contributed by atoms with Crippen molar-refractivity contribution in [1.82, 2.24) is 0 Å². The van der Waals surface area contributed by atoms with Gasteiger partial charge in [-0.1, -0.05) is 56.8 Å². The van der Waals surface area contributed by atoms with Gasteiger partial charge in [-0.3, -0.25) is 0 Å². The van der Waals surface area contributed by atoms with Crippen LogP contribution in [-0.4, -0.2) is 5.11 Å². The lowest BCUT2D eigenvalue weighted by Crippen LogP contribution is -2.01. The van der Waals surface area contributed by atoms with Crippen LogP contribution in [0.15, 0.2) is 34.8 Å². The molecule has 0 radical (unpaired) electrons. The molecule has 0 saturated carbocycles. The third-order valence-electron chi connectivity index (χ3n) is 2.70. The number of phenolic OH excluding ortho intramolecular Hbond substituents is 1. The lowest BCUT2D eigenvalue weighted by molar-refractivity contribution is 0.469. The monoisotopic (exact) mass is 359 g/mol. The van der Waals surface area contributed by atoms with Gasteiger partial charge in [0.2, 0.25) is 0 Å². The fourth-order valence-electron chi connectivity index (χ4n) is 1.75. The molecule has 0 atom stereocenters. The van der Waals surface area contributed by atoms with E-state index in [1.165, 1.54) is 0 Å². The molecular weight excluding hydrogens is 349 g/mol. The normalized spacial score (nSPS) is 10.5. The summed E-state index contributed by atoms with van der Waals surface area (Å²) in [7, 11) is 0. The third kappa shape index (κ3) is 3.56. The second-order valence-corrected chi connectivity index (χ2v) is 5.96. The molecule has 0 aliphatic heterocycles. The number of benzene rings is 2. The van der Waals surface area contributed by atoms with E-state index < -0.39 is 0 Å². The molecular formula is C14H12BrCl2NO. The summed E-state index contributed by atoms with van der Waals surface area (Å²) in [5.41, 5.74) is 2.55. The first kappa shape index (κ1) is 14.5. The number of rotatable bonds is 3. The maximum absolute atomic E-state index is 9.78. The maximum Gasteiger partial charge on any atom is 0.120 e. The Kier molecular flexibility index (Phi) is 4.61. The molecule has 2 aromatic rings. The summed E-state index contributed by atoms with van der Waals surface area (Å²) in [5.74, 6) is 0.252.